The zero-order valence-electron chi connectivity index (χ0n) is 17.0. The van der Waals surface area contributed by atoms with Crippen molar-refractivity contribution in [3.05, 3.63) is 65.7 Å². The van der Waals surface area contributed by atoms with Gasteiger partial charge in [-0.1, -0.05) is 18.2 Å². The summed E-state index contributed by atoms with van der Waals surface area (Å²) in [7, 11) is -3.65. The molecule has 1 aromatic heterocycles. The molecule has 0 amide bonds. The summed E-state index contributed by atoms with van der Waals surface area (Å²) in [5.41, 5.74) is 3.91. The summed E-state index contributed by atoms with van der Waals surface area (Å²) in [5.74, 6) is 0.833. The average Bonchev–Trinajstić information content (AvgIpc) is 2.74. The Bertz CT molecular complexity index is 1100. The first kappa shape index (κ1) is 20.3. The second kappa shape index (κ2) is 8.41. The second-order valence-corrected chi connectivity index (χ2v) is 9.06. The fourth-order valence-electron chi connectivity index (χ4n) is 3.45. The molecule has 1 fully saturated rings. The molecule has 4 rings (SSSR count). The summed E-state index contributed by atoms with van der Waals surface area (Å²) in [6.07, 6.45) is 0. The van der Waals surface area contributed by atoms with Crippen LogP contribution in [0.25, 0.3) is 11.3 Å². The Morgan fingerprint density at radius 1 is 0.900 bits per heavy atom. The third-order valence-electron chi connectivity index (χ3n) is 4.92. The lowest BCUT2D eigenvalue weighted by atomic mass is 10.1. The van der Waals surface area contributed by atoms with Crippen LogP contribution in [0.3, 0.4) is 0 Å². The number of aromatic nitrogens is 2. The van der Waals surface area contributed by atoms with Crippen molar-refractivity contribution in [1.29, 1.82) is 0 Å². The number of nitrogens with zero attached hydrogens (tertiary/aromatic N) is 3. The van der Waals surface area contributed by atoms with E-state index in [2.05, 4.69) is 19.8 Å². The minimum atomic E-state index is -3.65. The molecule has 1 aliphatic heterocycles. The highest BCUT2D eigenvalue weighted by Crippen LogP contribution is 2.23. The minimum absolute atomic E-state index is 0.258. The van der Waals surface area contributed by atoms with Gasteiger partial charge in [0.1, 0.15) is 0 Å². The normalized spacial score (nSPS) is 14.5. The molecule has 0 radical (unpaired) electrons. The molecule has 2 heterocycles. The Morgan fingerprint density at radius 2 is 1.57 bits per heavy atom. The van der Waals surface area contributed by atoms with Crippen molar-refractivity contribution in [3.63, 3.8) is 0 Å². The molecule has 8 heteroatoms. The molecular formula is C22H24N4O3S. The van der Waals surface area contributed by atoms with Crippen molar-refractivity contribution in [2.24, 2.45) is 0 Å². The minimum Gasteiger partial charge on any atom is -0.378 e. The zero-order valence-corrected chi connectivity index (χ0v) is 17.8. The van der Waals surface area contributed by atoms with Gasteiger partial charge in [0.2, 0.25) is 0 Å². The maximum atomic E-state index is 12.7. The molecule has 30 heavy (non-hydrogen) atoms. The van der Waals surface area contributed by atoms with E-state index in [0.29, 0.717) is 18.9 Å². The zero-order chi connectivity index (χ0) is 21.1. The van der Waals surface area contributed by atoms with Gasteiger partial charge >= 0.3 is 0 Å². The summed E-state index contributed by atoms with van der Waals surface area (Å²) in [5, 5.41) is 8.65. The predicted molar refractivity (Wildman–Crippen MR) is 117 cm³/mol. The Kier molecular flexibility index (Phi) is 5.69. The Morgan fingerprint density at radius 3 is 2.17 bits per heavy atom. The molecule has 1 saturated heterocycles. The van der Waals surface area contributed by atoms with E-state index in [4.69, 9.17) is 4.74 Å². The molecule has 0 aliphatic carbocycles. The Hall–Kier alpha value is -2.97. The maximum Gasteiger partial charge on any atom is 0.261 e. The summed E-state index contributed by atoms with van der Waals surface area (Å²) in [6.45, 7) is 6.77. The summed E-state index contributed by atoms with van der Waals surface area (Å²) < 4.78 is 33.4. The first-order chi connectivity index (χ1) is 14.4. The number of benzene rings is 2. The van der Waals surface area contributed by atoms with Crippen LogP contribution < -0.4 is 9.62 Å². The average molecular weight is 425 g/mol. The number of nitrogens with one attached hydrogen (secondary N) is 1. The molecule has 156 valence electrons. The highest BCUT2D eigenvalue weighted by molar-refractivity contribution is 7.92. The van der Waals surface area contributed by atoms with Crippen LogP contribution in [0.2, 0.25) is 0 Å². The number of ether oxygens (including phenoxy) is 1. The number of morpholine rings is 1. The molecule has 1 aliphatic rings. The number of rotatable bonds is 5. The lowest BCUT2D eigenvalue weighted by Crippen LogP contribution is -2.36. The van der Waals surface area contributed by atoms with Crippen LogP contribution in [0, 0.1) is 13.8 Å². The first-order valence-electron chi connectivity index (χ1n) is 9.79. The summed E-state index contributed by atoms with van der Waals surface area (Å²) >= 11 is 0. The van der Waals surface area contributed by atoms with Gasteiger partial charge in [0.25, 0.3) is 10.0 Å². The van der Waals surface area contributed by atoms with Crippen LogP contribution in [0.1, 0.15) is 11.1 Å². The van der Waals surface area contributed by atoms with Crippen LogP contribution in [-0.2, 0) is 14.8 Å². The van der Waals surface area contributed by atoms with Crippen LogP contribution in [0.5, 0.6) is 0 Å². The number of anilines is 2. The predicted octanol–water partition coefficient (Wildman–Crippen LogP) is 3.40. The van der Waals surface area contributed by atoms with Gasteiger partial charge in [0.05, 0.1) is 23.8 Å². The summed E-state index contributed by atoms with van der Waals surface area (Å²) in [4.78, 5) is 2.40. The lowest BCUT2D eigenvalue weighted by molar-refractivity contribution is 0.122. The second-order valence-electron chi connectivity index (χ2n) is 7.38. The number of aryl methyl sites for hydroxylation is 2. The number of sulfonamides is 1. The molecule has 0 bridgehead atoms. The fourth-order valence-corrected chi connectivity index (χ4v) is 4.70. The van der Waals surface area contributed by atoms with Crippen molar-refractivity contribution >= 4 is 21.5 Å². The standard InChI is InChI=1S/C22H24N4O3S/c1-16-13-17(2)15-20(14-16)30(27,28)25-19-5-3-18(4-6-19)21-7-8-22(24-23-21)26-9-11-29-12-10-26/h3-8,13-15,25H,9-12H2,1-2H3. The molecule has 7 nitrogen and oxygen atoms in total. The Labute approximate surface area is 176 Å². The van der Waals surface area contributed by atoms with Gasteiger partial charge in [-0.3, -0.25) is 4.72 Å². The topological polar surface area (TPSA) is 84.4 Å². The van der Waals surface area contributed by atoms with Gasteiger partial charge < -0.3 is 9.64 Å². The molecule has 0 saturated carbocycles. The molecule has 2 aromatic carbocycles. The Balaban J connectivity index is 1.48. The monoisotopic (exact) mass is 424 g/mol. The van der Waals surface area contributed by atoms with Crippen molar-refractivity contribution in [2.75, 3.05) is 35.9 Å². The third kappa shape index (κ3) is 4.60. The molecule has 0 atom stereocenters. The van der Waals surface area contributed by atoms with E-state index in [0.717, 1.165) is 41.3 Å². The SMILES string of the molecule is Cc1cc(C)cc(S(=O)(=O)Nc2ccc(-c3ccc(N4CCOCC4)nn3)cc2)c1. The smallest absolute Gasteiger partial charge is 0.261 e. The van der Waals surface area contributed by atoms with Crippen LogP contribution in [0.4, 0.5) is 11.5 Å². The lowest BCUT2D eigenvalue weighted by Gasteiger charge is -2.27. The van der Waals surface area contributed by atoms with Crippen LogP contribution in [-0.4, -0.2) is 44.9 Å². The van der Waals surface area contributed by atoms with Gasteiger partial charge in [-0.2, -0.15) is 0 Å². The fraction of sp³-hybridized carbons (Fsp3) is 0.273. The van der Waals surface area contributed by atoms with Crippen molar-refractivity contribution in [1.82, 2.24) is 10.2 Å². The third-order valence-corrected chi connectivity index (χ3v) is 6.28. The van der Waals surface area contributed by atoms with E-state index >= 15 is 0 Å². The van der Waals surface area contributed by atoms with E-state index in [9.17, 15) is 8.42 Å². The molecule has 0 spiro atoms. The van der Waals surface area contributed by atoms with E-state index < -0.39 is 10.0 Å². The van der Waals surface area contributed by atoms with Gasteiger partial charge in [-0.25, -0.2) is 8.42 Å². The van der Waals surface area contributed by atoms with E-state index in [1.165, 1.54) is 0 Å². The van der Waals surface area contributed by atoms with Crippen LogP contribution >= 0.6 is 0 Å². The first-order valence-corrected chi connectivity index (χ1v) is 11.3. The van der Waals surface area contributed by atoms with Crippen molar-refractivity contribution in [3.8, 4) is 11.3 Å². The van der Waals surface area contributed by atoms with E-state index in [-0.39, 0.29) is 4.90 Å². The molecule has 1 N–H and O–H groups in total. The van der Waals surface area contributed by atoms with Gasteiger partial charge in [0.15, 0.2) is 5.82 Å². The van der Waals surface area contributed by atoms with E-state index in [1.807, 2.05) is 44.2 Å². The highest BCUT2D eigenvalue weighted by Gasteiger charge is 2.16. The highest BCUT2D eigenvalue weighted by atomic mass is 32.2. The van der Waals surface area contributed by atoms with Crippen molar-refractivity contribution < 1.29 is 13.2 Å². The van der Waals surface area contributed by atoms with E-state index in [1.54, 1.807) is 24.3 Å². The van der Waals surface area contributed by atoms with Gasteiger partial charge in [0, 0.05) is 24.3 Å². The largest absolute Gasteiger partial charge is 0.378 e. The molecular weight excluding hydrogens is 400 g/mol. The van der Waals surface area contributed by atoms with Crippen LogP contribution in [0.15, 0.2) is 59.5 Å². The maximum absolute atomic E-state index is 12.7. The summed E-state index contributed by atoms with van der Waals surface area (Å²) in [6, 6.07) is 16.3. The van der Waals surface area contributed by atoms with Gasteiger partial charge in [-0.05, 0) is 61.4 Å². The number of hydrogen-bond acceptors (Lipinski definition) is 6. The quantitative estimate of drug-likeness (QED) is 0.676. The van der Waals surface area contributed by atoms with Gasteiger partial charge in [-0.15, -0.1) is 10.2 Å². The molecule has 3 aromatic rings. The van der Waals surface area contributed by atoms with Crippen molar-refractivity contribution in [2.45, 2.75) is 18.7 Å². The number of hydrogen-bond donors (Lipinski definition) is 1. The molecule has 0 unspecified atom stereocenters.